The van der Waals surface area contributed by atoms with Crippen molar-refractivity contribution in [1.29, 1.82) is 0 Å². The Balaban J connectivity index is 0.00000289. The van der Waals surface area contributed by atoms with E-state index in [1.165, 1.54) is 0 Å². The molecule has 0 aromatic carbocycles. The van der Waals surface area contributed by atoms with Crippen molar-refractivity contribution in [3.05, 3.63) is 0 Å². The Morgan fingerprint density at radius 3 is 2.83 bits per heavy atom. The van der Waals surface area contributed by atoms with Crippen LogP contribution in [0.4, 0.5) is 0 Å². The van der Waals surface area contributed by atoms with Gasteiger partial charge in [0, 0.05) is 6.42 Å². The van der Waals surface area contributed by atoms with Gasteiger partial charge in [0.2, 0.25) is 17.7 Å². The Labute approximate surface area is 116 Å². The van der Waals surface area contributed by atoms with Gasteiger partial charge < -0.3 is 11.1 Å². The average molecular weight is 296 g/mol. The van der Waals surface area contributed by atoms with Crippen LogP contribution in [0.15, 0.2) is 0 Å². The zero-order valence-corrected chi connectivity index (χ0v) is 11.7. The quantitative estimate of drug-likeness (QED) is 0.589. The summed E-state index contributed by atoms with van der Waals surface area (Å²) in [5.41, 5.74) is 5.67. The molecular weight excluding hydrogens is 278 g/mol. The fraction of sp³-hybridized carbons (Fsp3) is 0.700. The van der Waals surface area contributed by atoms with Gasteiger partial charge in [-0.3, -0.25) is 19.7 Å². The molecule has 18 heavy (non-hydrogen) atoms. The molecule has 6 nitrogen and oxygen atoms in total. The van der Waals surface area contributed by atoms with E-state index in [-0.39, 0.29) is 30.6 Å². The lowest BCUT2D eigenvalue weighted by molar-refractivity contribution is -0.137. The summed E-state index contributed by atoms with van der Waals surface area (Å²) in [5.74, 6) is -0.295. The highest BCUT2D eigenvalue weighted by Crippen LogP contribution is 2.05. The van der Waals surface area contributed by atoms with Crippen LogP contribution >= 0.6 is 24.2 Å². The maximum atomic E-state index is 11.6. The minimum atomic E-state index is -0.638. The molecule has 104 valence electrons. The molecule has 1 aliphatic rings. The van der Waals surface area contributed by atoms with Crippen molar-refractivity contribution in [2.75, 3.05) is 12.0 Å². The molecule has 1 rings (SSSR count). The van der Waals surface area contributed by atoms with Gasteiger partial charge in [0.1, 0.15) is 6.04 Å². The van der Waals surface area contributed by atoms with Crippen LogP contribution < -0.4 is 16.4 Å². The molecular formula is C10H18ClN3O3S. The maximum absolute atomic E-state index is 11.6. The lowest BCUT2D eigenvalue weighted by Gasteiger charge is -2.23. The van der Waals surface area contributed by atoms with E-state index in [1.807, 2.05) is 6.26 Å². The van der Waals surface area contributed by atoms with Crippen LogP contribution in [0, 0.1) is 0 Å². The molecule has 4 N–H and O–H groups in total. The van der Waals surface area contributed by atoms with Crippen molar-refractivity contribution in [1.82, 2.24) is 10.6 Å². The molecule has 0 radical (unpaired) electrons. The van der Waals surface area contributed by atoms with Gasteiger partial charge in [-0.25, -0.2) is 0 Å². The first-order valence-corrected chi connectivity index (χ1v) is 6.82. The molecule has 0 saturated carbocycles. The average Bonchev–Trinajstić information content (AvgIpc) is 2.29. The maximum Gasteiger partial charge on any atom is 0.249 e. The number of piperidine rings is 1. The van der Waals surface area contributed by atoms with E-state index in [9.17, 15) is 14.4 Å². The Morgan fingerprint density at radius 1 is 1.61 bits per heavy atom. The van der Waals surface area contributed by atoms with Gasteiger partial charge in [0.25, 0.3) is 0 Å². The zero-order valence-electron chi connectivity index (χ0n) is 10.1. The van der Waals surface area contributed by atoms with Gasteiger partial charge in [-0.2, -0.15) is 11.8 Å². The number of halogens is 1. The number of thioether (sulfide) groups is 1. The first kappa shape index (κ1) is 17.2. The molecule has 1 aliphatic heterocycles. The summed E-state index contributed by atoms with van der Waals surface area (Å²) in [7, 11) is 0. The number of nitrogens with one attached hydrogen (secondary N) is 2. The molecule has 1 saturated heterocycles. The van der Waals surface area contributed by atoms with Gasteiger partial charge in [-0.05, 0) is 24.9 Å². The third-order valence-electron chi connectivity index (χ3n) is 2.53. The number of carbonyl (C=O) groups excluding carboxylic acids is 3. The van der Waals surface area contributed by atoms with E-state index in [2.05, 4.69) is 10.6 Å². The monoisotopic (exact) mass is 295 g/mol. The van der Waals surface area contributed by atoms with Gasteiger partial charge >= 0.3 is 0 Å². The second-order valence-corrected chi connectivity index (χ2v) is 4.89. The second kappa shape index (κ2) is 8.34. The van der Waals surface area contributed by atoms with E-state index in [0.717, 1.165) is 5.75 Å². The van der Waals surface area contributed by atoms with Crippen molar-refractivity contribution in [3.8, 4) is 0 Å². The lowest BCUT2D eigenvalue weighted by atomic mass is 10.1. The summed E-state index contributed by atoms with van der Waals surface area (Å²) in [6.07, 6.45) is 3.09. The van der Waals surface area contributed by atoms with Crippen molar-refractivity contribution in [2.24, 2.45) is 5.73 Å². The van der Waals surface area contributed by atoms with Gasteiger partial charge in [0.05, 0.1) is 6.04 Å². The number of amides is 3. The molecule has 0 bridgehead atoms. The number of rotatable bonds is 5. The van der Waals surface area contributed by atoms with Crippen molar-refractivity contribution < 1.29 is 14.4 Å². The van der Waals surface area contributed by atoms with Gasteiger partial charge in [-0.1, -0.05) is 0 Å². The van der Waals surface area contributed by atoms with Gasteiger partial charge in [-0.15, -0.1) is 12.4 Å². The van der Waals surface area contributed by atoms with Crippen LogP contribution in [0.5, 0.6) is 0 Å². The molecule has 8 heteroatoms. The standard InChI is InChI=1S/C10H17N3O3S.ClH/c1-17-5-4-6(11)9(15)12-7-2-3-8(14)13-10(7)16;/h6-7H,2-5,11H2,1H3,(H,12,15)(H,13,14,16);1H/t6-,7?;/m0./s1. The van der Waals surface area contributed by atoms with Crippen LogP contribution in [0.2, 0.25) is 0 Å². The first-order chi connectivity index (χ1) is 8.04. The van der Waals surface area contributed by atoms with Crippen molar-refractivity contribution in [2.45, 2.75) is 31.3 Å². The second-order valence-electron chi connectivity index (χ2n) is 3.90. The summed E-state index contributed by atoms with van der Waals surface area (Å²) in [5, 5.41) is 4.74. The highest BCUT2D eigenvalue weighted by Gasteiger charge is 2.28. The highest BCUT2D eigenvalue weighted by molar-refractivity contribution is 7.98. The smallest absolute Gasteiger partial charge is 0.249 e. The summed E-state index contributed by atoms with van der Waals surface area (Å²) in [6.45, 7) is 0. The zero-order chi connectivity index (χ0) is 12.8. The molecule has 0 aliphatic carbocycles. The fourth-order valence-electron chi connectivity index (χ4n) is 1.49. The molecule has 3 amide bonds. The van der Waals surface area contributed by atoms with E-state index < -0.39 is 18.0 Å². The molecule has 0 aromatic heterocycles. The summed E-state index contributed by atoms with van der Waals surface area (Å²) in [4.78, 5) is 33.9. The largest absolute Gasteiger partial charge is 0.343 e. The van der Waals surface area contributed by atoms with Crippen LogP contribution in [-0.2, 0) is 14.4 Å². The van der Waals surface area contributed by atoms with Gasteiger partial charge in [0.15, 0.2) is 0 Å². The topological polar surface area (TPSA) is 101 Å². The summed E-state index contributed by atoms with van der Waals surface area (Å²) in [6, 6.07) is -1.24. The number of nitrogens with two attached hydrogens (primary N) is 1. The molecule has 0 aromatic rings. The molecule has 2 atom stereocenters. The predicted molar refractivity (Wildman–Crippen MR) is 72.5 cm³/mol. The lowest BCUT2D eigenvalue weighted by Crippen LogP contribution is -2.55. The number of carbonyl (C=O) groups is 3. The van der Waals surface area contributed by atoms with Crippen molar-refractivity contribution >= 4 is 41.9 Å². The Hall–Kier alpha value is -0.790. The number of hydrogen-bond acceptors (Lipinski definition) is 5. The minimum absolute atomic E-state index is 0. The van der Waals surface area contributed by atoms with E-state index >= 15 is 0 Å². The predicted octanol–water partition coefficient (Wildman–Crippen LogP) is -0.590. The Kier molecular flexibility index (Phi) is 7.97. The van der Waals surface area contributed by atoms with Crippen LogP contribution in [0.1, 0.15) is 19.3 Å². The third-order valence-corrected chi connectivity index (χ3v) is 3.17. The molecule has 1 heterocycles. The molecule has 0 spiro atoms. The Bertz CT molecular complexity index is 327. The number of hydrogen-bond donors (Lipinski definition) is 3. The Morgan fingerprint density at radius 2 is 2.28 bits per heavy atom. The molecule has 1 unspecified atom stereocenters. The van der Waals surface area contributed by atoms with Crippen molar-refractivity contribution in [3.63, 3.8) is 0 Å². The minimum Gasteiger partial charge on any atom is -0.343 e. The van der Waals surface area contributed by atoms with E-state index in [1.54, 1.807) is 11.8 Å². The SMILES string of the molecule is CSCC[C@H](N)C(=O)NC1CCC(=O)NC1=O.Cl. The summed E-state index contributed by atoms with van der Waals surface area (Å²) < 4.78 is 0. The number of imide groups is 1. The van der Waals surface area contributed by atoms with Crippen LogP contribution in [0.25, 0.3) is 0 Å². The fourth-order valence-corrected chi connectivity index (χ4v) is 1.98. The van der Waals surface area contributed by atoms with E-state index in [4.69, 9.17) is 5.73 Å². The summed E-state index contributed by atoms with van der Waals surface area (Å²) >= 11 is 1.61. The first-order valence-electron chi connectivity index (χ1n) is 5.43. The third kappa shape index (κ3) is 5.24. The highest BCUT2D eigenvalue weighted by atomic mass is 35.5. The van der Waals surface area contributed by atoms with Crippen LogP contribution in [-0.4, -0.2) is 41.8 Å². The molecule has 1 fully saturated rings. The van der Waals surface area contributed by atoms with E-state index in [0.29, 0.717) is 12.8 Å². The van der Waals surface area contributed by atoms with Crippen LogP contribution in [0.3, 0.4) is 0 Å². The normalized spacial score (nSPS) is 20.7.